The van der Waals surface area contributed by atoms with E-state index in [1.54, 1.807) is 0 Å². The monoisotopic (exact) mass is 300 g/mol. The van der Waals surface area contributed by atoms with E-state index < -0.39 is 5.41 Å². The van der Waals surface area contributed by atoms with E-state index in [0.717, 1.165) is 32.2 Å². The van der Waals surface area contributed by atoms with Crippen molar-refractivity contribution < 1.29 is 4.79 Å². The normalized spacial score (nSPS) is 26.6. The molecular weight excluding hydrogens is 276 g/mol. The van der Waals surface area contributed by atoms with Crippen molar-refractivity contribution in [2.24, 2.45) is 11.1 Å². The lowest BCUT2D eigenvalue weighted by Gasteiger charge is -2.30. The lowest BCUT2D eigenvalue weighted by molar-refractivity contribution is -0.128. The predicted molar refractivity (Wildman–Crippen MR) is 85.4 cm³/mol. The third-order valence-electron chi connectivity index (χ3n) is 4.38. The molecule has 0 radical (unpaired) electrons. The van der Waals surface area contributed by atoms with Crippen molar-refractivity contribution in [2.45, 2.75) is 56.6 Å². The van der Waals surface area contributed by atoms with Crippen LogP contribution in [0.4, 0.5) is 0 Å². The first-order valence-corrected chi connectivity index (χ1v) is 8.81. The van der Waals surface area contributed by atoms with Gasteiger partial charge in [-0.3, -0.25) is 4.79 Å². The number of amides is 1. The molecule has 1 aliphatic heterocycles. The zero-order chi connectivity index (χ0) is 13.7. The van der Waals surface area contributed by atoms with Gasteiger partial charge in [-0.25, -0.2) is 0 Å². The molecule has 0 aromatic rings. The van der Waals surface area contributed by atoms with E-state index in [4.69, 9.17) is 18.0 Å². The van der Waals surface area contributed by atoms with Crippen LogP contribution in [0.2, 0.25) is 0 Å². The second kappa shape index (κ2) is 6.93. The van der Waals surface area contributed by atoms with Crippen LogP contribution in [-0.2, 0) is 4.79 Å². The fourth-order valence-electron chi connectivity index (χ4n) is 3.10. The molecule has 108 valence electrons. The molecule has 1 heterocycles. The second-order valence-corrected chi connectivity index (χ2v) is 7.55. The Kier molecular flexibility index (Phi) is 5.51. The van der Waals surface area contributed by atoms with Gasteiger partial charge in [0.2, 0.25) is 5.91 Å². The summed E-state index contributed by atoms with van der Waals surface area (Å²) in [5.74, 6) is 1.30. The summed E-state index contributed by atoms with van der Waals surface area (Å²) in [6, 6.07) is 0. The highest BCUT2D eigenvalue weighted by Gasteiger charge is 2.41. The SMILES string of the molecule is NC(=S)C1(C(=O)NCC2CCCS2)CCCCCC1. The van der Waals surface area contributed by atoms with Crippen LogP contribution in [0.25, 0.3) is 0 Å². The highest BCUT2D eigenvalue weighted by molar-refractivity contribution is 8.00. The van der Waals surface area contributed by atoms with Crippen molar-refractivity contribution in [3.8, 4) is 0 Å². The van der Waals surface area contributed by atoms with E-state index in [9.17, 15) is 4.79 Å². The van der Waals surface area contributed by atoms with Crippen LogP contribution in [0.5, 0.6) is 0 Å². The van der Waals surface area contributed by atoms with Gasteiger partial charge in [-0.05, 0) is 31.4 Å². The maximum absolute atomic E-state index is 12.6. The number of carbonyl (C=O) groups excluding carboxylic acids is 1. The van der Waals surface area contributed by atoms with Gasteiger partial charge in [0.05, 0.1) is 10.4 Å². The summed E-state index contributed by atoms with van der Waals surface area (Å²) in [4.78, 5) is 13.0. The van der Waals surface area contributed by atoms with E-state index in [0.29, 0.717) is 10.2 Å². The maximum atomic E-state index is 12.6. The number of nitrogens with two attached hydrogens (primary N) is 1. The summed E-state index contributed by atoms with van der Waals surface area (Å²) in [5, 5.41) is 3.70. The highest BCUT2D eigenvalue weighted by Crippen LogP contribution is 2.36. The minimum atomic E-state index is -0.574. The van der Waals surface area contributed by atoms with Crippen LogP contribution < -0.4 is 11.1 Å². The van der Waals surface area contributed by atoms with Crippen LogP contribution in [0.3, 0.4) is 0 Å². The molecule has 1 atom stereocenters. The fraction of sp³-hybridized carbons (Fsp3) is 0.857. The van der Waals surface area contributed by atoms with Crippen LogP contribution in [0, 0.1) is 5.41 Å². The Morgan fingerprint density at radius 2 is 1.95 bits per heavy atom. The Bertz CT molecular complexity index is 332. The third kappa shape index (κ3) is 3.63. The second-order valence-electron chi connectivity index (χ2n) is 5.71. The lowest BCUT2D eigenvalue weighted by Crippen LogP contribution is -2.49. The van der Waals surface area contributed by atoms with Gasteiger partial charge in [-0.2, -0.15) is 11.8 Å². The van der Waals surface area contributed by atoms with Crippen molar-refractivity contribution >= 4 is 34.9 Å². The van der Waals surface area contributed by atoms with Crippen LogP contribution in [0.15, 0.2) is 0 Å². The van der Waals surface area contributed by atoms with Gasteiger partial charge in [0.15, 0.2) is 0 Å². The summed E-state index contributed by atoms with van der Waals surface area (Å²) in [7, 11) is 0. The standard InChI is InChI=1S/C14H24N2OS2/c15-12(18)14(7-3-1-2-4-8-14)13(17)16-10-11-6-5-9-19-11/h11H,1-10H2,(H2,15,18)(H,16,17). The molecule has 2 aliphatic rings. The van der Waals surface area contributed by atoms with Gasteiger partial charge >= 0.3 is 0 Å². The van der Waals surface area contributed by atoms with Crippen LogP contribution in [-0.4, -0.2) is 28.4 Å². The van der Waals surface area contributed by atoms with Crippen molar-refractivity contribution in [3.05, 3.63) is 0 Å². The summed E-state index contributed by atoms with van der Waals surface area (Å²) < 4.78 is 0. The van der Waals surface area contributed by atoms with Crippen LogP contribution >= 0.6 is 24.0 Å². The first kappa shape index (κ1) is 15.1. The van der Waals surface area contributed by atoms with E-state index >= 15 is 0 Å². The smallest absolute Gasteiger partial charge is 0.233 e. The summed E-state index contributed by atoms with van der Waals surface area (Å²) in [6.07, 6.45) is 8.63. The summed E-state index contributed by atoms with van der Waals surface area (Å²) in [6.45, 7) is 0.772. The largest absolute Gasteiger partial charge is 0.392 e. The molecule has 0 spiro atoms. The van der Waals surface area contributed by atoms with Gasteiger partial charge in [0, 0.05) is 11.8 Å². The molecule has 5 heteroatoms. The Morgan fingerprint density at radius 3 is 2.47 bits per heavy atom. The molecule has 2 rings (SSSR count). The predicted octanol–water partition coefficient (Wildman–Crippen LogP) is 2.62. The number of nitrogens with one attached hydrogen (secondary N) is 1. The molecule has 0 aromatic carbocycles. The zero-order valence-corrected chi connectivity index (χ0v) is 13.1. The molecule has 0 aromatic heterocycles. The molecule has 1 amide bonds. The highest BCUT2D eigenvalue weighted by atomic mass is 32.2. The molecule has 0 bridgehead atoms. The Labute approximate surface area is 125 Å². The maximum Gasteiger partial charge on any atom is 0.233 e. The Balaban J connectivity index is 1.96. The molecule has 3 N–H and O–H groups in total. The van der Waals surface area contributed by atoms with Crippen molar-refractivity contribution in [3.63, 3.8) is 0 Å². The molecule has 1 unspecified atom stereocenters. The van der Waals surface area contributed by atoms with E-state index in [-0.39, 0.29) is 5.91 Å². The molecule has 1 aliphatic carbocycles. The number of hydrogen-bond acceptors (Lipinski definition) is 3. The molecule has 1 saturated heterocycles. The average Bonchev–Trinajstić information content (AvgIpc) is 2.78. The number of thioether (sulfide) groups is 1. The molecule has 2 fully saturated rings. The minimum Gasteiger partial charge on any atom is -0.392 e. The van der Waals surface area contributed by atoms with Crippen LogP contribution in [0.1, 0.15) is 51.4 Å². The van der Waals surface area contributed by atoms with Gasteiger partial charge in [0.25, 0.3) is 0 Å². The van der Waals surface area contributed by atoms with Crippen molar-refractivity contribution in [1.82, 2.24) is 5.32 Å². The zero-order valence-electron chi connectivity index (χ0n) is 11.5. The number of carbonyl (C=O) groups is 1. The average molecular weight is 300 g/mol. The van der Waals surface area contributed by atoms with E-state index in [1.807, 2.05) is 11.8 Å². The quantitative estimate of drug-likeness (QED) is 0.619. The fourth-order valence-corrected chi connectivity index (χ4v) is 4.60. The van der Waals surface area contributed by atoms with Gasteiger partial charge in [-0.1, -0.05) is 37.9 Å². The molecular formula is C14H24N2OS2. The Hall–Kier alpha value is -0.290. The molecule has 19 heavy (non-hydrogen) atoms. The van der Waals surface area contributed by atoms with Crippen molar-refractivity contribution in [2.75, 3.05) is 12.3 Å². The number of hydrogen-bond donors (Lipinski definition) is 2. The van der Waals surface area contributed by atoms with Crippen molar-refractivity contribution in [1.29, 1.82) is 0 Å². The number of rotatable bonds is 4. The minimum absolute atomic E-state index is 0.0781. The Morgan fingerprint density at radius 1 is 1.26 bits per heavy atom. The third-order valence-corrected chi connectivity index (χ3v) is 6.17. The first-order chi connectivity index (χ1) is 9.15. The van der Waals surface area contributed by atoms with E-state index in [1.165, 1.54) is 31.4 Å². The first-order valence-electron chi connectivity index (χ1n) is 7.35. The van der Waals surface area contributed by atoms with E-state index in [2.05, 4.69) is 5.32 Å². The molecule has 3 nitrogen and oxygen atoms in total. The molecule has 1 saturated carbocycles. The lowest BCUT2D eigenvalue weighted by atomic mass is 9.79. The summed E-state index contributed by atoms with van der Waals surface area (Å²) >= 11 is 7.19. The van der Waals surface area contributed by atoms with Gasteiger partial charge < -0.3 is 11.1 Å². The number of thiocarbonyl (C=S) groups is 1. The summed E-state index contributed by atoms with van der Waals surface area (Å²) in [5.41, 5.74) is 5.35. The van der Waals surface area contributed by atoms with Gasteiger partial charge in [0.1, 0.15) is 0 Å². The van der Waals surface area contributed by atoms with Gasteiger partial charge in [-0.15, -0.1) is 0 Å². The topological polar surface area (TPSA) is 55.1 Å².